The number of benzene rings is 1. The Bertz CT molecular complexity index is 625. The third-order valence-electron chi connectivity index (χ3n) is 4.68. The third-order valence-corrected chi connectivity index (χ3v) is 4.68. The quantitative estimate of drug-likeness (QED) is 0.907. The fraction of sp³-hybridized carbons (Fsp3) is 0.471. The minimum atomic E-state index is -0.836. The lowest BCUT2D eigenvalue weighted by molar-refractivity contribution is -0.146. The number of rotatable bonds is 2. The van der Waals surface area contributed by atoms with Crippen LogP contribution in [-0.2, 0) is 9.59 Å². The second-order valence-electron chi connectivity index (χ2n) is 6.06. The summed E-state index contributed by atoms with van der Waals surface area (Å²) in [7, 11) is 0. The van der Waals surface area contributed by atoms with Gasteiger partial charge in [-0.3, -0.25) is 14.4 Å². The molecule has 1 saturated heterocycles. The summed E-state index contributed by atoms with van der Waals surface area (Å²) in [6.45, 7) is 0.885. The Labute approximate surface area is 128 Å². The van der Waals surface area contributed by atoms with E-state index in [0.717, 1.165) is 12.0 Å². The van der Waals surface area contributed by atoms with E-state index in [2.05, 4.69) is 0 Å². The van der Waals surface area contributed by atoms with Crippen molar-refractivity contribution < 1.29 is 19.5 Å². The van der Waals surface area contributed by atoms with E-state index in [0.29, 0.717) is 31.4 Å². The molecule has 2 aliphatic rings. The number of hydrogen-bond donors (Lipinski definition) is 1. The topological polar surface area (TPSA) is 74.7 Å². The summed E-state index contributed by atoms with van der Waals surface area (Å²) in [5, 5.41) is 9.16. The molecule has 2 atom stereocenters. The number of carboxylic acids is 1. The van der Waals surface area contributed by atoms with E-state index < -0.39 is 11.9 Å². The van der Waals surface area contributed by atoms with E-state index in [1.54, 1.807) is 11.0 Å². The van der Waals surface area contributed by atoms with Gasteiger partial charge in [0.15, 0.2) is 5.78 Å². The molecule has 3 rings (SSSR count). The number of nitrogens with zero attached hydrogens (tertiary/aromatic N) is 1. The predicted molar refractivity (Wildman–Crippen MR) is 79.7 cm³/mol. The number of hydrogen-bond acceptors (Lipinski definition) is 3. The lowest BCUT2D eigenvalue weighted by Gasteiger charge is -2.35. The van der Waals surface area contributed by atoms with Crippen molar-refractivity contribution in [3.63, 3.8) is 0 Å². The zero-order valence-corrected chi connectivity index (χ0v) is 12.3. The van der Waals surface area contributed by atoms with Crippen LogP contribution in [0.25, 0.3) is 0 Å². The first-order valence-electron chi connectivity index (χ1n) is 7.71. The Morgan fingerprint density at radius 2 is 1.95 bits per heavy atom. The summed E-state index contributed by atoms with van der Waals surface area (Å²) in [6.07, 6.45) is 2.24. The maximum Gasteiger partial charge on any atom is 0.308 e. The van der Waals surface area contributed by atoms with Crippen LogP contribution in [0.3, 0.4) is 0 Å². The molecule has 0 bridgehead atoms. The Kier molecular flexibility index (Phi) is 3.96. The van der Waals surface area contributed by atoms with Crippen LogP contribution in [0.5, 0.6) is 0 Å². The van der Waals surface area contributed by atoms with Crippen LogP contribution in [0.4, 0.5) is 0 Å². The smallest absolute Gasteiger partial charge is 0.308 e. The largest absolute Gasteiger partial charge is 0.481 e. The molecule has 1 aromatic carbocycles. The van der Waals surface area contributed by atoms with Crippen molar-refractivity contribution in [2.45, 2.75) is 31.6 Å². The molecule has 0 aromatic heterocycles. The maximum atomic E-state index is 12.8. The van der Waals surface area contributed by atoms with Gasteiger partial charge in [0.2, 0.25) is 5.91 Å². The van der Waals surface area contributed by atoms with E-state index in [-0.39, 0.29) is 24.2 Å². The first-order chi connectivity index (χ1) is 10.6. The molecule has 1 aromatic rings. The Hall–Kier alpha value is -2.17. The molecule has 116 valence electrons. The van der Waals surface area contributed by atoms with Gasteiger partial charge in [0.1, 0.15) is 0 Å². The molecule has 1 N–H and O–H groups in total. The highest BCUT2D eigenvalue weighted by molar-refractivity contribution is 6.01. The van der Waals surface area contributed by atoms with Crippen LogP contribution >= 0.6 is 0 Å². The lowest BCUT2D eigenvalue weighted by Crippen LogP contribution is -2.45. The molecule has 1 aliphatic carbocycles. The number of carbonyl (C=O) groups excluding carboxylic acids is 2. The zero-order valence-electron chi connectivity index (χ0n) is 12.3. The van der Waals surface area contributed by atoms with Crippen LogP contribution < -0.4 is 0 Å². The molecule has 1 aliphatic heterocycles. The third kappa shape index (κ3) is 2.63. The summed E-state index contributed by atoms with van der Waals surface area (Å²) in [5.74, 6) is -1.58. The number of ketones is 1. The number of piperidine rings is 1. The van der Waals surface area contributed by atoms with Crippen molar-refractivity contribution in [2.75, 3.05) is 13.1 Å². The Morgan fingerprint density at radius 1 is 1.18 bits per heavy atom. The molecule has 22 heavy (non-hydrogen) atoms. The summed E-state index contributed by atoms with van der Waals surface area (Å²) < 4.78 is 0. The first-order valence-corrected chi connectivity index (χ1v) is 7.71. The van der Waals surface area contributed by atoms with E-state index in [9.17, 15) is 14.4 Å². The second kappa shape index (κ2) is 5.91. The number of aliphatic carboxylic acids is 1. The number of carbonyl (C=O) groups is 3. The van der Waals surface area contributed by atoms with Gasteiger partial charge >= 0.3 is 5.97 Å². The highest BCUT2D eigenvalue weighted by Gasteiger charge is 2.35. The van der Waals surface area contributed by atoms with Gasteiger partial charge in [-0.1, -0.05) is 24.3 Å². The SMILES string of the molecule is O=C1CCC(C(=O)N2CCCC(C(=O)O)C2)c2ccccc21. The van der Waals surface area contributed by atoms with Gasteiger partial charge in [-0.15, -0.1) is 0 Å². The predicted octanol–water partition coefficient (Wildman–Crippen LogP) is 2.07. The van der Waals surface area contributed by atoms with Crippen molar-refractivity contribution in [3.05, 3.63) is 35.4 Å². The van der Waals surface area contributed by atoms with Crippen molar-refractivity contribution >= 4 is 17.7 Å². The monoisotopic (exact) mass is 301 g/mol. The van der Waals surface area contributed by atoms with Crippen molar-refractivity contribution in [1.82, 2.24) is 4.90 Å². The molecule has 0 saturated carbocycles. The van der Waals surface area contributed by atoms with E-state index >= 15 is 0 Å². The highest BCUT2D eigenvalue weighted by Crippen LogP contribution is 2.34. The van der Waals surface area contributed by atoms with Gasteiger partial charge in [-0.05, 0) is 24.8 Å². The van der Waals surface area contributed by atoms with Crippen LogP contribution in [0.15, 0.2) is 24.3 Å². The van der Waals surface area contributed by atoms with Crippen molar-refractivity contribution in [1.29, 1.82) is 0 Å². The maximum absolute atomic E-state index is 12.8. The zero-order chi connectivity index (χ0) is 15.7. The fourth-order valence-corrected chi connectivity index (χ4v) is 3.48. The normalized spacial score (nSPS) is 24.7. The van der Waals surface area contributed by atoms with Crippen LogP contribution in [0.2, 0.25) is 0 Å². The van der Waals surface area contributed by atoms with Crippen molar-refractivity contribution in [2.24, 2.45) is 5.92 Å². The molecular formula is C17H19NO4. The minimum absolute atomic E-state index is 0.0362. The molecule has 5 nitrogen and oxygen atoms in total. The molecule has 0 radical (unpaired) electrons. The molecule has 0 spiro atoms. The molecule has 1 fully saturated rings. The molecular weight excluding hydrogens is 282 g/mol. The molecule has 2 unspecified atom stereocenters. The van der Waals surface area contributed by atoms with E-state index in [1.165, 1.54) is 0 Å². The van der Waals surface area contributed by atoms with Crippen LogP contribution in [0.1, 0.15) is 47.5 Å². The second-order valence-corrected chi connectivity index (χ2v) is 6.06. The lowest BCUT2D eigenvalue weighted by atomic mass is 9.81. The molecule has 1 heterocycles. The van der Waals surface area contributed by atoms with Gasteiger partial charge in [0, 0.05) is 25.1 Å². The average molecular weight is 301 g/mol. The van der Waals surface area contributed by atoms with E-state index in [4.69, 9.17) is 5.11 Å². The summed E-state index contributed by atoms with van der Waals surface area (Å²) in [6, 6.07) is 7.26. The number of amides is 1. The van der Waals surface area contributed by atoms with Gasteiger partial charge < -0.3 is 10.0 Å². The molecule has 5 heteroatoms. The number of carboxylic acid groups (broad SMARTS) is 1. The number of likely N-dealkylation sites (tertiary alicyclic amines) is 1. The van der Waals surface area contributed by atoms with Gasteiger partial charge in [0.05, 0.1) is 11.8 Å². The Balaban J connectivity index is 1.82. The molecule has 1 amide bonds. The van der Waals surface area contributed by atoms with Gasteiger partial charge in [-0.25, -0.2) is 0 Å². The Morgan fingerprint density at radius 3 is 2.73 bits per heavy atom. The highest BCUT2D eigenvalue weighted by atomic mass is 16.4. The van der Waals surface area contributed by atoms with Crippen molar-refractivity contribution in [3.8, 4) is 0 Å². The standard InChI is InChI=1S/C17H19NO4/c19-15-8-7-14(12-5-1-2-6-13(12)15)16(20)18-9-3-4-11(10-18)17(21)22/h1-2,5-6,11,14H,3-4,7-10H2,(H,21,22). The summed E-state index contributed by atoms with van der Waals surface area (Å²) >= 11 is 0. The minimum Gasteiger partial charge on any atom is -0.481 e. The summed E-state index contributed by atoms with van der Waals surface area (Å²) in [5.41, 5.74) is 1.43. The fourth-order valence-electron chi connectivity index (χ4n) is 3.48. The van der Waals surface area contributed by atoms with Crippen LogP contribution in [-0.4, -0.2) is 40.8 Å². The number of Topliss-reactive ketones (excluding diaryl/α,β-unsaturated/α-hetero) is 1. The van der Waals surface area contributed by atoms with E-state index in [1.807, 2.05) is 18.2 Å². The van der Waals surface area contributed by atoms with Gasteiger partial charge in [-0.2, -0.15) is 0 Å². The number of fused-ring (bicyclic) bond motifs is 1. The van der Waals surface area contributed by atoms with Crippen LogP contribution in [0, 0.1) is 5.92 Å². The summed E-state index contributed by atoms with van der Waals surface area (Å²) in [4.78, 5) is 37.6. The average Bonchev–Trinajstić information content (AvgIpc) is 2.55. The van der Waals surface area contributed by atoms with Gasteiger partial charge in [0.25, 0.3) is 0 Å². The first kappa shape index (κ1) is 14.8.